The van der Waals surface area contributed by atoms with Gasteiger partial charge in [-0.25, -0.2) is 9.99 Å². The van der Waals surface area contributed by atoms with Crippen molar-refractivity contribution in [3.05, 3.63) is 41.4 Å². The van der Waals surface area contributed by atoms with E-state index < -0.39 is 0 Å². The van der Waals surface area contributed by atoms with Crippen LogP contribution in [0.25, 0.3) is 0 Å². The first-order chi connectivity index (χ1) is 9.93. The van der Waals surface area contributed by atoms with Gasteiger partial charge in [-0.15, -0.1) is 16.5 Å². The van der Waals surface area contributed by atoms with Crippen LogP contribution in [0.5, 0.6) is 0 Å². The first kappa shape index (κ1) is 11.2. The van der Waals surface area contributed by atoms with Crippen molar-refractivity contribution in [3.63, 3.8) is 0 Å². The molecule has 0 radical (unpaired) electrons. The lowest BCUT2D eigenvalue weighted by Crippen LogP contribution is -2.38. The maximum Gasteiger partial charge on any atom is 0.338 e. The van der Waals surface area contributed by atoms with E-state index in [-0.39, 0.29) is 6.04 Å². The van der Waals surface area contributed by atoms with E-state index in [1.165, 1.54) is 17.6 Å². The Labute approximate surface area is 116 Å². The first-order valence-corrected chi connectivity index (χ1v) is 6.64. The van der Waals surface area contributed by atoms with Crippen LogP contribution < -0.4 is 10.1 Å². The van der Waals surface area contributed by atoms with E-state index in [1.54, 1.807) is 41.0 Å². The number of hydrogen-bond donors (Lipinski definition) is 0. The van der Waals surface area contributed by atoms with Gasteiger partial charge in [-0.05, 0) is 0 Å². The molecule has 0 aromatic carbocycles. The molecular weight excluding hydrogens is 280 g/mol. The third kappa shape index (κ3) is 1.67. The number of hydrazone groups is 1. The fourth-order valence-corrected chi connectivity index (χ4v) is 2.61. The Balaban J connectivity index is 1.77. The van der Waals surface area contributed by atoms with Gasteiger partial charge < -0.3 is 8.94 Å². The molecule has 1 atom stereocenters. The van der Waals surface area contributed by atoms with Crippen molar-refractivity contribution in [2.75, 3.05) is 10.1 Å². The second-order valence-electron chi connectivity index (χ2n) is 3.89. The van der Waals surface area contributed by atoms with Gasteiger partial charge in [-0.2, -0.15) is 10.1 Å². The van der Waals surface area contributed by atoms with Crippen LogP contribution in [0.3, 0.4) is 0 Å². The lowest BCUT2D eigenvalue weighted by atomic mass is 10.3. The van der Waals surface area contributed by atoms with Gasteiger partial charge in [-0.1, -0.05) is 5.16 Å². The number of hydrazine groups is 1. The molecule has 3 aromatic rings. The van der Waals surface area contributed by atoms with E-state index >= 15 is 0 Å². The second-order valence-corrected chi connectivity index (χ2v) is 4.81. The molecule has 0 aliphatic carbocycles. The quantitative estimate of drug-likeness (QED) is 0.729. The van der Waals surface area contributed by atoms with Crippen LogP contribution >= 0.6 is 11.3 Å². The summed E-state index contributed by atoms with van der Waals surface area (Å²) in [6.45, 7) is 0. The van der Waals surface area contributed by atoms with E-state index in [0.29, 0.717) is 11.8 Å². The van der Waals surface area contributed by atoms with Crippen LogP contribution in [-0.4, -0.2) is 21.3 Å². The number of hydrogen-bond acceptors (Lipinski definition) is 9. The van der Waals surface area contributed by atoms with E-state index in [1.807, 2.05) is 5.38 Å². The fourth-order valence-electron chi connectivity index (χ4n) is 1.93. The van der Waals surface area contributed by atoms with Gasteiger partial charge in [0.15, 0.2) is 5.82 Å². The predicted octanol–water partition coefficient (Wildman–Crippen LogP) is 2.09. The van der Waals surface area contributed by atoms with Crippen LogP contribution in [0.15, 0.2) is 50.4 Å². The number of thiazole rings is 1. The zero-order valence-corrected chi connectivity index (χ0v) is 10.8. The summed E-state index contributed by atoms with van der Waals surface area (Å²) in [7, 11) is 0. The molecule has 20 heavy (non-hydrogen) atoms. The highest BCUT2D eigenvalue weighted by Gasteiger charge is 2.36. The Kier molecular flexibility index (Phi) is 2.49. The average molecular weight is 288 g/mol. The highest BCUT2D eigenvalue weighted by Crippen LogP contribution is 2.34. The second kappa shape index (κ2) is 4.46. The van der Waals surface area contributed by atoms with Crippen molar-refractivity contribution in [2.24, 2.45) is 5.10 Å². The highest BCUT2D eigenvalue weighted by atomic mass is 32.1. The number of aromatic nitrogens is 3. The molecule has 0 bridgehead atoms. The van der Waals surface area contributed by atoms with E-state index in [2.05, 4.69) is 20.2 Å². The number of nitrogens with zero attached hydrogens (tertiary/aromatic N) is 6. The van der Waals surface area contributed by atoms with Crippen LogP contribution in [0.4, 0.5) is 11.8 Å². The van der Waals surface area contributed by atoms with E-state index in [0.717, 1.165) is 5.01 Å². The van der Waals surface area contributed by atoms with Crippen molar-refractivity contribution in [2.45, 2.75) is 6.04 Å². The van der Waals surface area contributed by atoms with Crippen molar-refractivity contribution < 1.29 is 8.94 Å². The minimum Gasteiger partial charge on any atom is -0.430 e. The van der Waals surface area contributed by atoms with Crippen LogP contribution in [-0.2, 0) is 0 Å². The average Bonchev–Trinajstić information content (AvgIpc) is 3.23. The minimum absolute atomic E-state index is 0.174. The normalized spacial score (nSPS) is 18.1. The van der Waals surface area contributed by atoms with Crippen LogP contribution in [0.2, 0.25) is 0 Å². The van der Waals surface area contributed by atoms with Crippen LogP contribution in [0.1, 0.15) is 11.0 Å². The smallest absolute Gasteiger partial charge is 0.338 e. The summed E-state index contributed by atoms with van der Waals surface area (Å²) in [5.41, 5.74) is 0. The van der Waals surface area contributed by atoms with E-state index in [9.17, 15) is 0 Å². The number of anilines is 2. The zero-order chi connectivity index (χ0) is 13.4. The summed E-state index contributed by atoms with van der Waals surface area (Å²) in [6.07, 6.45) is 8.06. The Morgan fingerprint density at radius 1 is 1.20 bits per heavy atom. The lowest BCUT2D eigenvalue weighted by Gasteiger charge is -2.26. The molecule has 4 heterocycles. The number of oxazole rings is 1. The molecule has 0 saturated carbocycles. The molecule has 0 amide bonds. The van der Waals surface area contributed by atoms with Crippen LogP contribution in [0, 0.1) is 0 Å². The zero-order valence-electron chi connectivity index (χ0n) is 10.0. The molecule has 0 fully saturated rings. The Hall–Kier alpha value is -2.68. The first-order valence-electron chi connectivity index (χ1n) is 5.76. The third-order valence-corrected chi connectivity index (χ3v) is 3.58. The summed E-state index contributed by atoms with van der Waals surface area (Å²) in [6, 6.07) is 1.92. The molecule has 0 spiro atoms. The van der Waals surface area contributed by atoms with E-state index in [4.69, 9.17) is 8.94 Å². The molecular formula is C11H8N6O2S. The largest absolute Gasteiger partial charge is 0.430 e. The van der Waals surface area contributed by atoms with Gasteiger partial charge in [0.05, 0.1) is 12.4 Å². The predicted molar refractivity (Wildman–Crippen MR) is 71.3 cm³/mol. The van der Waals surface area contributed by atoms with Crippen molar-refractivity contribution in [1.29, 1.82) is 0 Å². The van der Waals surface area contributed by atoms with Crippen molar-refractivity contribution >= 4 is 29.4 Å². The highest BCUT2D eigenvalue weighted by molar-refractivity contribution is 7.09. The van der Waals surface area contributed by atoms with Gasteiger partial charge in [0.25, 0.3) is 0 Å². The maximum atomic E-state index is 5.30. The minimum atomic E-state index is -0.174. The SMILES string of the molecule is C1=NN(c2ncco2)N(c2ccon2)C1c1nccs1. The molecule has 100 valence electrons. The molecule has 1 aliphatic rings. The summed E-state index contributed by atoms with van der Waals surface area (Å²) in [5.74, 6) is 0.598. The third-order valence-electron chi connectivity index (χ3n) is 2.74. The van der Waals surface area contributed by atoms with Gasteiger partial charge in [-0.3, -0.25) is 0 Å². The van der Waals surface area contributed by atoms with Crippen molar-refractivity contribution in [3.8, 4) is 0 Å². The summed E-state index contributed by atoms with van der Waals surface area (Å²) < 4.78 is 10.2. The van der Waals surface area contributed by atoms with Gasteiger partial charge in [0, 0.05) is 17.6 Å². The summed E-state index contributed by atoms with van der Waals surface area (Å²) >= 11 is 1.54. The Morgan fingerprint density at radius 2 is 2.20 bits per heavy atom. The summed E-state index contributed by atoms with van der Waals surface area (Å²) in [5, 5.41) is 14.4. The molecule has 3 aromatic heterocycles. The summed E-state index contributed by atoms with van der Waals surface area (Å²) in [4.78, 5) is 8.43. The molecule has 4 rings (SSSR count). The molecule has 0 N–H and O–H groups in total. The van der Waals surface area contributed by atoms with Gasteiger partial charge in [0.1, 0.15) is 23.6 Å². The van der Waals surface area contributed by atoms with Gasteiger partial charge >= 0.3 is 6.01 Å². The monoisotopic (exact) mass is 288 g/mol. The molecule has 0 saturated heterocycles. The Morgan fingerprint density at radius 3 is 2.90 bits per heavy atom. The van der Waals surface area contributed by atoms with Crippen molar-refractivity contribution in [1.82, 2.24) is 15.1 Å². The lowest BCUT2D eigenvalue weighted by molar-refractivity contribution is 0.416. The standard InChI is InChI=1S/C11H8N6O2S/c1-4-19-15-9(1)16-8(10-12-3-6-20-10)7-14-17(16)11-13-2-5-18-11/h1-8H. The molecule has 1 aliphatic heterocycles. The topological polar surface area (TPSA) is 83.8 Å². The maximum absolute atomic E-state index is 5.30. The van der Waals surface area contributed by atoms with Gasteiger partial charge in [0.2, 0.25) is 0 Å². The number of rotatable bonds is 3. The molecule has 9 heteroatoms. The fraction of sp³-hybridized carbons (Fsp3) is 0.0909. The Bertz CT molecular complexity index is 649. The molecule has 8 nitrogen and oxygen atoms in total. The molecule has 1 unspecified atom stereocenters.